The van der Waals surface area contributed by atoms with Gasteiger partial charge in [-0.15, -0.1) is 0 Å². The van der Waals surface area contributed by atoms with Gasteiger partial charge in [0.15, 0.2) is 11.3 Å². The van der Waals surface area contributed by atoms with Crippen LogP contribution in [0.5, 0.6) is 0 Å². The van der Waals surface area contributed by atoms with Crippen LogP contribution < -0.4 is 5.48 Å². The van der Waals surface area contributed by atoms with Gasteiger partial charge in [-0.25, -0.2) is 20.4 Å². The third-order valence-corrected chi connectivity index (χ3v) is 4.35. The van der Waals surface area contributed by atoms with Gasteiger partial charge in [-0.2, -0.15) is 0 Å². The molecule has 2 aromatic heterocycles. The van der Waals surface area contributed by atoms with E-state index in [4.69, 9.17) is 19.4 Å². The number of imidazole rings is 1. The first-order valence-electron chi connectivity index (χ1n) is 9.06. The smallest absolute Gasteiger partial charge is 0.350 e. The average molecular weight is 415 g/mol. The number of hydrogen-bond acceptors (Lipinski definition) is 7. The Morgan fingerprint density at radius 3 is 2.79 bits per heavy atom. The van der Waals surface area contributed by atoms with E-state index in [1.54, 1.807) is 11.5 Å². The molecular formula is C16H26N5O6P. The molecular weight excluding hydrogens is 389 g/mol. The number of hydroxylamine groups is 1. The predicted molar refractivity (Wildman–Crippen MR) is 100 cm³/mol. The molecule has 0 saturated carbocycles. The minimum Gasteiger partial charge on any atom is -0.364 e. The van der Waals surface area contributed by atoms with Gasteiger partial charge in [0, 0.05) is 0 Å². The highest BCUT2D eigenvalue weighted by molar-refractivity contribution is 7.51. The molecule has 0 aromatic carbocycles. The summed E-state index contributed by atoms with van der Waals surface area (Å²) in [7, 11) is -4.24. The van der Waals surface area contributed by atoms with Gasteiger partial charge in [0.2, 0.25) is 0 Å². The second-order valence-corrected chi connectivity index (χ2v) is 7.99. The van der Waals surface area contributed by atoms with Gasteiger partial charge in [-0.1, -0.05) is 26.2 Å². The minimum atomic E-state index is -4.24. The van der Waals surface area contributed by atoms with Crippen LogP contribution in [0, 0.1) is 0 Å². The number of fused-ring (bicyclic) bond motifs is 1. The maximum atomic E-state index is 12.3. The zero-order valence-electron chi connectivity index (χ0n) is 15.9. The molecule has 0 radical (unpaired) electrons. The molecule has 0 fully saturated rings. The number of carbonyl (C=O) groups is 1. The second kappa shape index (κ2) is 10.6. The van der Waals surface area contributed by atoms with Crippen LogP contribution in [0.25, 0.3) is 11.2 Å². The Morgan fingerprint density at radius 2 is 2.07 bits per heavy atom. The lowest BCUT2D eigenvalue weighted by atomic mass is 10.2. The van der Waals surface area contributed by atoms with Crippen molar-refractivity contribution in [2.75, 3.05) is 13.0 Å². The average Bonchev–Trinajstić information content (AvgIpc) is 3.05. The molecule has 28 heavy (non-hydrogen) atoms. The van der Waals surface area contributed by atoms with E-state index in [0.29, 0.717) is 17.8 Å². The summed E-state index contributed by atoms with van der Waals surface area (Å²) in [4.78, 5) is 47.6. The molecule has 0 unspecified atom stereocenters. The summed E-state index contributed by atoms with van der Waals surface area (Å²) in [6.45, 7) is 4.46. The molecule has 0 aliphatic heterocycles. The fourth-order valence-electron chi connectivity index (χ4n) is 2.50. The van der Waals surface area contributed by atoms with Gasteiger partial charge in [-0.3, -0.25) is 14.2 Å². The normalized spacial score (nSPS) is 13.0. The zero-order chi connectivity index (χ0) is 20.6. The molecule has 12 heteroatoms. The van der Waals surface area contributed by atoms with Gasteiger partial charge in [0.05, 0.1) is 25.6 Å². The van der Waals surface area contributed by atoms with Crippen LogP contribution in [0.15, 0.2) is 12.7 Å². The SMILES string of the molecule is CCCCCCONC(=O)c1ncnc2c1ncn2C[C@@H](C)OCP(=O)(O)O. The van der Waals surface area contributed by atoms with E-state index in [1.807, 2.05) is 0 Å². The molecule has 2 heterocycles. The molecule has 2 rings (SSSR count). The first-order valence-corrected chi connectivity index (χ1v) is 10.9. The van der Waals surface area contributed by atoms with Crippen LogP contribution in [0.4, 0.5) is 0 Å². The summed E-state index contributed by atoms with van der Waals surface area (Å²) < 4.78 is 17.7. The van der Waals surface area contributed by atoms with Crippen molar-refractivity contribution in [1.29, 1.82) is 0 Å². The third-order valence-electron chi connectivity index (χ3n) is 3.86. The summed E-state index contributed by atoms with van der Waals surface area (Å²) in [6.07, 6.45) is 5.69. The van der Waals surface area contributed by atoms with Gasteiger partial charge < -0.3 is 19.1 Å². The largest absolute Gasteiger partial charge is 0.364 e. The summed E-state index contributed by atoms with van der Waals surface area (Å²) in [5, 5.41) is 0. The highest BCUT2D eigenvalue weighted by Gasteiger charge is 2.19. The Morgan fingerprint density at radius 1 is 1.29 bits per heavy atom. The molecule has 0 bridgehead atoms. The first kappa shape index (κ1) is 22.4. The number of ether oxygens (including phenoxy) is 1. The number of unbranched alkanes of at least 4 members (excludes halogenated alkanes) is 3. The standard InChI is InChI=1S/C16H26N5O6P/c1-3-4-5-6-7-27-20-16(22)14-13-15(18-9-17-14)21(10-19-13)8-12(2)26-11-28(23,24)25/h9-10,12H,3-8,11H2,1-2H3,(H,20,22)(H2,23,24,25)/t12-/m1/s1. The van der Waals surface area contributed by atoms with Crippen molar-refractivity contribution < 1.29 is 28.7 Å². The first-order chi connectivity index (χ1) is 13.3. The Labute approximate surface area is 162 Å². The summed E-state index contributed by atoms with van der Waals surface area (Å²) >= 11 is 0. The molecule has 1 amide bonds. The number of nitrogens with zero attached hydrogens (tertiary/aromatic N) is 4. The van der Waals surface area contributed by atoms with E-state index in [0.717, 1.165) is 25.7 Å². The van der Waals surface area contributed by atoms with Gasteiger partial charge >= 0.3 is 7.60 Å². The quantitative estimate of drug-likeness (QED) is 0.267. The van der Waals surface area contributed by atoms with Crippen LogP contribution >= 0.6 is 7.60 Å². The van der Waals surface area contributed by atoms with Crippen molar-refractivity contribution in [1.82, 2.24) is 25.0 Å². The van der Waals surface area contributed by atoms with Crippen LogP contribution in [-0.4, -0.2) is 54.3 Å². The summed E-state index contributed by atoms with van der Waals surface area (Å²) in [5.41, 5.74) is 3.16. The van der Waals surface area contributed by atoms with Crippen molar-refractivity contribution in [3.63, 3.8) is 0 Å². The fourth-order valence-corrected chi connectivity index (χ4v) is 2.95. The number of carbonyl (C=O) groups excluding carboxylic acids is 1. The molecule has 156 valence electrons. The molecule has 0 aliphatic rings. The molecule has 0 spiro atoms. The lowest BCUT2D eigenvalue weighted by Gasteiger charge is -2.14. The zero-order valence-corrected chi connectivity index (χ0v) is 16.8. The van der Waals surface area contributed by atoms with Crippen molar-refractivity contribution in [2.45, 2.75) is 52.2 Å². The van der Waals surface area contributed by atoms with E-state index >= 15 is 0 Å². The van der Waals surface area contributed by atoms with E-state index in [2.05, 4.69) is 27.4 Å². The maximum absolute atomic E-state index is 12.3. The topological polar surface area (TPSA) is 149 Å². The number of nitrogens with one attached hydrogen (secondary N) is 1. The van der Waals surface area contributed by atoms with Crippen molar-refractivity contribution in [3.8, 4) is 0 Å². The van der Waals surface area contributed by atoms with Crippen molar-refractivity contribution in [3.05, 3.63) is 18.3 Å². The highest BCUT2D eigenvalue weighted by Crippen LogP contribution is 2.34. The molecule has 0 saturated heterocycles. The van der Waals surface area contributed by atoms with E-state index < -0.39 is 26.0 Å². The van der Waals surface area contributed by atoms with Gasteiger partial charge in [0.25, 0.3) is 5.91 Å². The third kappa shape index (κ3) is 6.92. The fraction of sp³-hybridized carbons (Fsp3) is 0.625. The predicted octanol–water partition coefficient (Wildman–Crippen LogP) is 1.61. The van der Waals surface area contributed by atoms with Crippen molar-refractivity contribution in [2.24, 2.45) is 0 Å². The minimum absolute atomic E-state index is 0.0843. The Hall–Kier alpha value is -1.91. The van der Waals surface area contributed by atoms with Crippen LogP contribution in [-0.2, 0) is 20.7 Å². The monoisotopic (exact) mass is 415 g/mol. The molecule has 0 aliphatic carbocycles. The number of amides is 1. The van der Waals surface area contributed by atoms with Gasteiger partial charge in [0.1, 0.15) is 18.2 Å². The number of hydrogen-bond donors (Lipinski definition) is 3. The summed E-state index contributed by atoms with van der Waals surface area (Å²) in [5.74, 6) is -0.515. The second-order valence-electron chi connectivity index (χ2n) is 6.40. The number of aromatic nitrogens is 4. The van der Waals surface area contributed by atoms with E-state index in [1.165, 1.54) is 12.7 Å². The van der Waals surface area contributed by atoms with E-state index in [9.17, 15) is 9.36 Å². The maximum Gasteiger partial charge on any atom is 0.350 e. The van der Waals surface area contributed by atoms with Crippen LogP contribution in [0.2, 0.25) is 0 Å². The highest BCUT2D eigenvalue weighted by atomic mass is 31.2. The van der Waals surface area contributed by atoms with Gasteiger partial charge in [-0.05, 0) is 13.3 Å². The Balaban J connectivity index is 1.98. The summed E-state index contributed by atoms with van der Waals surface area (Å²) in [6, 6.07) is 0. The van der Waals surface area contributed by atoms with E-state index in [-0.39, 0.29) is 12.2 Å². The molecule has 1 atom stereocenters. The molecule has 2 aromatic rings. The van der Waals surface area contributed by atoms with Crippen molar-refractivity contribution >= 4 is 24.7 Å². The molecule has 3 N–H and O–H groups in total. The lowest BCUT2D eigenvalue weighted by molar-refractivity contribution is 0.0294. The lowest BCUT2D eigenvalue weighted by Crippen LogP contribution is -2.25. The number of rotatable bonds is 12. The molecule has 11 nitrogen and oxygen atoms in total. The van der Waals surface area contributed by atoms with Crippen LogP contribution in [0.1, 0.15) is 50.0 Å². The Kier molecular flexibility index (Phi) is 8.46. The van der Waals surface area contributed by atoms with Crippen LogP contribution in [0.3, 0.4) is 0 Å². The Bertz CT molecular complexity index is 823.